The van der Waals surface area contributed by atoms with E-state index in [1.54, 1.807) is 0 Å². The molecule has 1 atom stereocenters. The van der Waals surface area contributed by atoms with Crippen molar-refractivity contribution in [1.82, 2.24) is 0 Å². The number of rotatable bonds is 7. The molecule has 0 heterocycles. The molecule has 0 aromatic heterocycles. The second kappa shape index (κ2) is 25.1. The van der Waals surface area contributed by atoms with E-state index in [1.165, 1.54) is 11.1 Å². The van der Waals surface area contributed by atoms with Crippen LogP contribution in [0.25, 0.3) is 0 Å². The van der Waals surface area contributed by atoms with Crippen molar-refractivity contribution in [3.05, 3.63) is 111 Å². The molecule has 0 N–H and O–H groups in total. The Morgan fingerprint density at radius 1 is 0.767 bits per heavy atom. The summed E-state index contributed by atoms with van der Waals surface area (Å²) in [4.78, 5) is 0. The normalized spacial score (nSPS) is 9.43. The van der Waals surface area contributed by atoms with Crippen molar-refractivity contribution in [3.63, 3.8) is 0 Å². The van der Waals surface area contributed by atoms with Gasteiger partial charge in [0.25, 0.3) is 0 Å². The Hall–Kier alpha value is -1.90. The number of ether oxygens (including phenoxy) is 1. The van der Waals surface area contributed by atoms with E-state index in [0.717, 1.165) is 0 Å². The van der Waals surface area contributed by atoms with Crippen LogP contribution in [0.1, 0.15) is 17.2 Å². The van der Waals surface area contributed by atoms with Crippen LogP contribution in [0.3, 0.4) is 0 Å². The predicted octanol–water partition coefficient (Wildman–Crippen LogP) is 5.08. The summed E-state index contributed by atoms with van der Waals surface area (Å²) in [6.45, 7) is 25.6. The summed E-state index contributed by atoms with van der Waals surface area (Å²) in [7, 11) is -1.22. The van der Waals surface area contributed by atoms with Gasteiger partial charge in [-0.1, -0.05) is 80.3 Å². The molecule has 0 saturated heterocycles. The van der Waals surface area contributed by atoms with E-state index in [0.29, 0.717) is 6.61 Å². The summed E-state index contributed by atoms with van der Waals surface area (Å²) in [5, 5.41) is 0. The zero-order chi connectivity index (χ0) is 23.1. The van der Waals surface area contributed by atoms with Crippen LogP contribution in [0.5, 0.6) is 0 Å². The fraction of sp³-hybridized carbons (Fsp3) is 0.217. The van der Waals surface area contributed by atoms with Gasteiger partial charge in [0.1, 0.15) is 0 Å². The van der Waals surface area contributed by atoms with Crippen LogP contribution in [-0.2, 0) is 47.0 Å². The second-order valence-electron chi connectivity index (χ2n) is 6.35. The van der Waals surface area contributed by atoms with E-state index in [2.05, 4.69) is 95.1 Å². The first-order valence-corrected chi connectivity index (χ1v) is 11.8. The first-order chi connectivity index (χ1) is 14.0. The molecule has 158 valence electrons. The zero-order valence-electron chi connectivity index (χ0n) is 17.1. The third kappa shape index (κ3) is 19.4. The van der Waals surface area contributed by atoms with Gasteiger partial charge in [-0.3, -0.25) is 0 Å². The average Bonchev–Trinajstić information content (AvgIpc) is 2.80. The van der Waals surface area contributed by atoms with Crippen molar-refractivity contribution in [2.45, 2.75) is 32.4 Å². The molecule has 1 unspecified atom stereocenters. The van der Waals surface area contributed by atoms with Crippen molar-refractivity contribution < 1.29 is 40.4 Å². The molecule has 2 radical (unpaired) electrons. The van der Waals surface area contributed by atoms with E-state index < -0.39 is 8.07 Å². The van der Waals surface area contributed by atoms with E-state index >= 15 is 0 Å². The molecule has 0 spiro atoms. The van der Waals surface area contributed by atoms with Gasteiger partial charge in [0.05, 0.1) is 12.7 Å². The summed E-state index contributed by atoms with van der Waals surface area (Å²) < 4.78 is 36.1. The van der Waals surface area contributed by atoms with Crippen LogP contribution in [0.15, 0.2) is 60.7 Å². The van der Waals surface area contributed by atoms with Crippen LogP contribution < -0.4 is 0 Å². The topological polar surface area (TPSA) is 88.8 Å². The van der Waals surface area contributed by atoms with Gasteiger partial charge in [0, 0.05) is 25.1 Å². The molecule has 2 rings (SSSR count). The Bertz CT molecular complexity index is 668. The molecule has 0 bridgehead atoms. The molecule has 0 amide bonds. The summed E-state index contributed by atoms with van der Waals surface area (Å²) in [6, 6.07) is 23.1. The smallest absolute Gasteiger partial charge is 0 e. The predicted molar refractivity (Wildman–Crippen MR) is 108 cm³/mol. The van der Waals surface area contributed by atoms with Crippen LogP contribution in [0.4, 0.5) is 0 Å². The summed E-state index contributed by atoms with van der Waals surface area (Å²) in [6.07, 6.45) is 2.25. The van der Waals surface area contributed by atoms with E-state index in [1.807, 2.05) is 24.3 Å². The zero-order valence-corrected chi connectivity index (χ0v) is 19.2. The van der Waals surface area contributed by atoms with Gasteiger partial charge >= 0.3 is 45.2 Å². The van der Waals surface area contributed by atoms with Crippen molar-refractivity contribution in [1.29, 1.82) is 0 Å². The van der Waals surface area contributed by atoms with Crippen LogP contribution in [-0.4, -0.2) is 8.07 Å². The molecule has 7 heteroatoms. The van der Waals surface area contributed by atoms with Gasteiger partial charge in [0.2, 0.25) is 0 Å². The van der Waals surface area contributed by atoms with Crippen molar-refractivity contribution in [3.8, 4) is 0 Å². The number of benzene rings is 2. The molecule has 5 nitrogen and oxygen atoms in total. The second-order valence-corrected chi connectivity index (χ2v) is 11.4. The van der Waals surface area contributed by atoms with Crippen molar-refractivity contribution in [2.75, 3.05) is 0 Å². The molecule has 0 aliphatic rings. The van der Waals surface area contributed by atoms with Crippen LogP contribution in [0.2, 0.25) is 19.6 Å². The summed E-state index contributed by atoms with van der Waals surface area (Å²) >= 11 is 0. The largest absolute Gasteiger partial charge is 0 e. The molecule has 0 aliphatic heterocycles. The average molecular weight is 464 g/mol. The van der Waals surface area contributed by atoms with Gasteiger partial charge in [-0.05, 0) is 23.6 Å². The molecule has 0 aliphatic carbocycles. The monoisotopic (exact) mass is 464 g/mol. The fourth-order valence-electron chi connectivity index (χ4n) is 2.04. The maximum absolute atomic E-state index is 7.50. The molecule has 2 aromatic rings. The standard InChI is InChI=1S/C19H24OSi.4CO.Fe/c1-21(2,3)15-14-19(18-12-8-5-9-13-18)20-16-17-10-6-4-7-11-17;4*1-2;/h4-15,19H,16H2,1-3H3;;;;;. The third-order valence-electron chi connectivity index (χ3n) is 3.17. The maximum Gasteiger partial charge on any atom is 0 e. The van der Waals surface area contributed by atoms with Gasteiger partial charge in [-0.15, -0.1) is 0 Å². The van der Waals surface area contributed by atoms with Gasteiger partial charge in [-0.2, -0.15) is 0 Å². The molecule has 30 heavy (non-hydrogen) atoms. The molecule has 0 fully saturated rings. The van der Waals surface area contributed by atoms with Gasteiger partial charge in [-0.25, -0.2) is 0 Å². The number of hydrogen-bond donors (Lipinski definition) is 0. The fourth-order valence-corrected chi connectivity index (χ4v) is 2.79. The SMILES string of the molecule is C[Si](C)(C)[CH][CH]C(OCc1ccccc1)c1ccccc1.[C-]#[O+].[C-]#[O+].[C-]#[O+].[C-]#[O+].[Fe]. The van der Waals surface area contributed by atoms with E-state index in [4.69, 9.17) is 23.3 Å². The molecular formula is C23H24FeO5Si. The molecular weight excluding hydrogens is 440 g/mol. The van der Waals surface area contributed by atoms with Crippen LogP contribution >= 0.6 is 0 Å². The van der Waals surface area contributed by atoms with Crippen LogP contribution in [0, 0.1) is 39.1 Å². The minimum atomic E-state index is -1.22. The van der Waals surface area contributed by atoms with Crippen molar-refractivity contribution in [2.24, 2.45) is 0 Å². The minimum Gasteiger partial charge on any atom is 0 e. The molecule has 2 aromatic carbocycles. The Morgan fingerprint density at radius 3 is 1.57 bits per heavy atom. The quantitative estimate of drug-likeness (QED) is 0.319. The maximum atomic E-state index is 7.50. The Kier molecular flexibility index (Phi) is 29.8. The minimum absolute atomic E-state index is 0. The summed E-state index contributed by atoms with van der Waals surface area (Å²) in [5.74, 6) is 0. The van der Waals surface area contributed by atoms with Gasteiger partial charge < -0.3 is 4.74 Å². The van der Waals surface area contributed by atoms with Gasteiger partial charge in [0.15, 0.2) is 0 Å². The summed E-state index contributed by atoms with van der Waals surface area (Å²) in [5.41, 5.74) is 2.42. The first kappa shape index (κ1) is 35.5. The van der Waals surface area contributed by atoms with Crippen molar-refractivity contribution >= 4 is 8.07 Å². The van der Waals surface area contributed by atoms with E-state index in [-0.39, 0.29) is 23.2 Å². The van der Waals surface area contributed by atoms with E-state index in [9.17, 15) is 0 Å². The Morgan fingerprint density at radius 2 is 1.17 bits per heavy atom. The first-order valence-electron chi connectivity index (χ1n) is 8.26. The number of hydrogen-bond acceptors (Lipinski definition) is 1. The Labute approximate surface area is 191 Å². The third-order valence-corrected chi connectivity index (χ3v) is 4.36. The Balaban J connectivity index is -0.000000336. The molecule has 0 saturated carbocycles.